The summed E-state index contributed by atoms with van der Waals surface area (Å²) in [4.78, 5) is 54.2. The van der Waals surface area contributed by atoms with Crippen molar-refractivity contribution in [2.45, 2.75) is 140 Å². The van der Waals surface area contributed by atoms with Crippen LogP contribution >= 0.6 is 0 Å². The predicted molar refractivity (Wildman–Crippen MR) is 203 cm³/mol. The summed E-state index contributed by atoms with van der Waals surface area (Å²) in [6.07, 6.45) is 5.62. The number of nitrogens with zero attached hydrogens (tertiary/aromatic N) is 3. The molecule has 55 heavy (non-hydrogen) atoms. The molecule has 3 amide bonds. The molecule has 9 N–H and O–H groups in total. The van der Waals surface area contributed by atoms with Crippen molar-refractivity contribution < 1.29 is 44.3 Å². The molecule has 1 aliphatic heterocycles. The molecule has 4 rings (SSSR count). The number of hydrogen-bond acceptors (Lipinski definition) is 13. The molecular weight excluding hydrogens is 712 g/mol. The Kier molecular flexibility index (Phi) is 18.5. The van der Waals surface area contributed by atoms with Crippen LogP contribution in [0.4, 0.5) is 10.6 Å². The van der Waals surface area contributed by atoms with Gasteiger partial charge in [-0.3, -0.25) is 9.59 Å². The summed E-state index contributed by atoms with van der Waals surface area (Å²) in [6, 6.07) is 6.86. The number of nitrogens with one attached hydrogen (secondary N) is 5. The Balaban J connectivity index is 1.34. The molecule has 0 saturated carbocycles. The summed E-state index contributed by atoms with van der Waals surface area (Å²) in [5, 5.41) is 54.0. The molecule has 1 fully saturated rings. The van der Waals surface area contributed by atoms with Crippen LogP contribution in [0.3, 0.4) is 0 Å². The van der Waals surface area contributed by atoms with Crippen LogP contribution in [0, 0.1) is 0 Å². The van der Waals surface area contributed by atoms with Crippen molar-refractivity contribution >= 4 is 34.9 Å². The van der Waals surface area contributed by atoms with E-state index in [0.717, 1.165) is 24.8 Å². The Labute approximate surface area is 321 Å². The average molecular weight is 771 g/mol. The van der Waals surface area contributed by atoms with Gasteiger partial charge in [-0.25, -0.2) is 19.7 Å². The predicted octanol–water partition coefficient (Wildman–Crippen LogP) is 2.55. The van der Waals surface area contributed by atoms with Gasteiger partial charge in [-0.15, -0.1) is 0 Å². The number of anilines is 1. The summed E-state index contributed by atoms with van der Waals surface area (Å²) in [5.74, 6) is -0.781. The van der Waals surface area contributed by atoms with Crippen LogP contribution < -0.4 is 21.3 Å². The van der Waals surface area contributed by atoms with Crippen LogP contribution in [0.1, 0.15) is 96.0 Å². The van der Waals surface area contributed by atoms with Gasteiger partial charge in [0.05, 0.1) is 19.0 Å². The smallest absolute Gasteiger partial charge is 0.407 e. The molecule has 7 atom stereocenters. The first-order valence-electron chi connectivity index (χ1n) is 19.5. The maximum Gasteiger partial charge on any atom is 0.407 e. The quantitative estimate of drug-likeness (QED) is 0.0595. The van der Waals surface area contributed by atoms with Gasteiger partial charge in [0.1, 0.15) is 48.9 Å². The molecule has 0 unspecified atom stereocenters. The molecule has 1 saturated heterocycles. The van der Waals surface area contributed by atoms with E-state index in [1.807, 2.05) is 30.3 Å². The molecule has 1 aromatic carbocycles. The molecule has 304 valence electrons. The van der Waals surface area contributed by atoms with Gasteiger partial charge in [-0.1, -0.05) is 88.6 Å². The molecule has 3 heterocycles. The lowest BCUT2D eigenvalue weighted by Crippen LogP contribution is -2.69. The van der Waals surface area contributed by atoms with Crippen molar-refractivity contribution in [3.63, 3.8) is 0 Å². The number of aromatic amines is 1. The molecule has 17 nitrogen and oxygen atoms in total. The standard InChI is InChI=1S/C38H58N8O9/c1-2-3-4-5-6-7-8-9-13-19-28(49)44-26(18-14-15-20-39-38(53)54-22-25-16-11-10-12-17-25)36(52)45-29-31(50)32(51)37(55-33(29)27(48)21-47)46-35-30-34(41-23-40-30)42-24-43-35/h10-12,16-17,23-24,26-27,29,31-33,37,47-48,50-51H,2-9,13-15,18-22H2,1H3,(H,39,53)(H,44,49)(H,45,52)(H2,40,41,42,43,46)/t26-,27-,29+,31+,32+,33-,37-/m0/s1. The first-order chi connectivity index (χ1) is 26.7. The maximum absolute atomic E-state index is 13.8. The van der Waals surface area contributed by atoms with E-state index < -0.39 is 61.3 Å². The molecule has 3 aromatic rings. The van der Waals surface area contributed by atoms with Gasteiger partial charge in [0.25, 0.3) is 0 Å². The molecule has 0 bridgehead atoms. The fourth-order valence-electron chi connectivity index (χ4n) is 6.48. The zero-order chi connectivity index (χ0) is 39.4. The van der Waals surface area contributed by atoms with Gasteiger partial charge in [0, 0.05) is 13.0 Å². The summed E-state index contributed by atoms with van der Waals surface area (Å²) in [7, 11) is 0. The summed E-state index contributed by atoms with van der Waals surface area (Å²) in [5.41, 5.74) is 1.60. The van der Waals surface area contributed by atoms with Crippen molar-refractivity contribution in [1.29, 1.82) is 0 Å². The number of aliphatic hydroxyl groups is 4. The van der Waals surface area contributed by atoms with Gasteiger partial charge in [-0.2, -0.15) is 0 Å². The van der Waals surface area contributed by atoms with E-state index >= 15 is 0 Å². The molecule has 0 aliphatic carbocycles. The van der Waals surface area contributed by atoms with Gasteiger partial charge in [0.15, 0.2) is 17.7 Å². The first kappa shape index (κ1) is 43.3. The van der Waals surface area contributed by atoms with Crippen LogP contribution in [-0.2, 0) is 25.7 Å². The van der Waals surface area contributed by atoms with E-state index in [4.69, 9.17) is 9.47 Å². The number of fused-ring (bicyclic) bond motifs is 1. The van der Waals surface area contributed by atoms with Crippen LogP contribution in [0.15, 0.2) is 43.0 Å². The third kappa shape index (κ3) is 14.0. The van der Waals surface area contributed by atoms with E-state index in [1.165, 1.54) is 44.8 Å². The third-order valence-electron chi connectivity index (χ3n) is 9.62. The molecule has 1 aliphatic rings. The highest BCUT2D eigenvalue weighted by molar-refractivity contribution is 5.88. The van der Waals surface area contributed by atoms with Crippen molar-refractivity contribution in [1.82, 2.24) is 35.9 Å². The maximum atomic E-state index is 13.8. The van der Waals surface area contributed by atoms with Gasteiger partial charge in [0.2, 0.25) is 11.8 Å². The Bertz CT molecular complexity index is 1580. The van der Waals surface area contributed by atoms with Crippen LogP contribution in [0.5, 0.6) is 0 Å². The Hall–Kier alpha value is -4.42. The normalized spacial score (nSPS) is 20.7. The van der Waals surface area contributed by atoms with Crippen molar-refractivity contribution in [3.8, 4) is 0 Å². The second-order valence-corrected chi connectivity index (χ2v) is 13.9. The van der Waals surface area contributed by atoms with Crippen molar-refractivity contribution in [2.75, 3.05) is 18.5 Å². The van der Waals surface area contributed by atoms with Crippen LogP contribution in [0.25, 0.3) is 11.2 Å². The molecule has 0 spiro atoms. The number of hydrogen-bond donors (Lipinski definition) is 9. The van der Waals surface area contributed by atoms with Crippen LogP contribution in [0.2, 0.25) is 0 Å². The van der Waals surface area contributed by atoms with E-state index in [9.17, 15) is 34.8 Å². The topological polar surface area (TPSA) is 253 Å². The molecule has 2 aromatic heterocycles. The number of imidazole rings is 1. The number of aliphatic hydroxyl groups excluding tert-OH is 4. The number of unbranched alkanes of at least 4 members (excludes halogenated alkanes) is 9. The number of alkyl carbamates (subject to hydrolysis) is 1. The Morgan fingerprint density at radius 1 is 0.927 bits per heavy atom. The van der Waals surface area contributed by atoms with E-state index in [1.54, 1.807) is 0 Å². The highest BCUT2D eigenvalue weighted by Gasteiger charge is 2.48. The fourth-order valence-corrected chi connectivity index (χ4v) is 6.48. The lowest BCUT2D eigenvalue weighted by atomic mass is 9.91. The van der Waals surface area contributed by atoms with Gasteiger partial charge >= 0.3 is 6.09 Å². The number of aromatic nitrogens is 4. The third-order valence-corrected chi connectivity index (χ3v) is 9.62. The van der Waals surface area contributed by atoms with E-state index in [-0.39, 0.29) is 37.7 Å². The van der Waals surface area contributed by atoms with E-state index in [0.29, 0.717) is 30.4 Å². The Morgan fingerprint density at radius 2 is 1.65 bits per heavy atom. The summed E-state index contributed by atoms with van der Waals surface area (Å²) in [6.45, 7) is 1.81. The second-order valence-electron chi connectivity index (χ2n) is 13.9. The van der Waals surface area contributed by atoms with Crippen molar-refractivity contribution in [2.24, 2.45) is 0 Å². The number of rotatable bonds is 24. The summed E-state index contributed by atoms with van der Waals surface area (Å²) < 4.78 is 11.2. The average Bonchev–Trinajstić information content (AvgIpc) is 3.69. The number of benzene rings is 1. The largest absolute Gasteiger partial charge is 0.445 e. The number of carbonyl (C=O) groups is 3. The fraction of sp³-hybridized carbons (Fsp3) is 0.632. The van der Waals surface area contributed by atoms with Gasteiger partial charge < -0.3 is 56.2 Å². The minimum Gasteiger partial charge on any atom is -0.445 e. The zero-order valence-electron chi connectivity index (χ0n) is 31.6. The highest BCUT2D eigenvalue weighted by atomic mass is 16.6. The van der Waals surface area contributed by atoms with E-state index in [2.05, 4.69) is 48.1 Å². The minimum atomic E-state index is -1.68. The lowest BCUT2D eigenvalue weighted by molar-refractivity contribution is -0.204. The van der Waals surface area contributed by atoms with Crippen molar-refractivity contribution in [3.05, 3.63) is 48.5 Å². The number of ether oxygens (including phenoxy) is 2. The number of amides is 3. The van der Waals surface area contributed by atoms with Gasteiger partial charge in [-0.05, 0) is 31.2 Å². The van der Waals surface area contributed by atoms with Crippen LogP contribution in [-0.4, -0.2) is 114 Å². The SMILES string of the molecule is CCCCCCCCCCCC(=O)N[C@@H](CCCCNC(=O)OCc1ccccc1)C(=O)N[C@@H]1[C@@H](O)[C@@H](O)[C@@H](Nc2ncnc3nc[nH]c23)O[C@H]1[C@@H](O)CO. The summed E-state index contributed by atoms with van der Waals surface area (Å²) >= 11 is 0. The molecule has 0 radical (unpaired) electrons. The molecular formula is C38H58N8O9. The number of carbonyl (C=O) groups excluding carboxylic acids is 3. The second kappa shape index (κ2) is 23.5. The minimum absolute atomic E-state index is 0.128. The monoisotopic (exact) mass is 770 g/mol. The zero-order valence-corrected chi connectivity index (χ0v) is 31.6. The lowest BCUT2D eigenvalue weighted by Gasteiger charge is -2.45. The Morgan fingerprint density at radius 3 is 2.38 bits per heavy atom. The highest BCUT2D eigenvalue weighted by Crippen LogP contribution is 2.26. The molecule has 17 heteroatoms. The first-order valence-corrected chi connectivity index (χ1v) is 19.5. The number of H-pyrrole nitrogens is 1.